The summed E-state index contributed by atoms with van der Waals surface area (Å²) >= 11 is 0. The third-order valence-corrected chi connectivity index (χ3v) is 5.46. The van der Waals surface area contributed by atoms with Crippen LogP contribution in [0, 0.1) is 5.92 Å². The molecule has 1 amide bonds. The van der Waals surface area contributed by atoms with E-state index < -0.39 is 5.67 Å². The lowest BCUT2D eigenvalue weighted by atomic mass is 9.81. The van der Waals surface area contributed by atoms with Gasteiger partial charge in [0.1, 0.15) is 11.3 Å². The maximum absolute atomic E-state index is 14.3. The fourth-order valence-electron chi connectivity index (χ4n) is 3.65. The maximum Gasteiger partial charge on any atom is 0.260 e. The van der Waals surface area contributed by atoms with Crippen molar-refractivity contribution in [1.82, 2.24) is 19.9 Å². The number of amides is 1. The Morgan fingerprint density at radius 2 is 2.16 bits per heavy atom. The number of nitrogens with one attached hydrogen (secondary N) is 1. The molecule has 7 heteroatoms. The summed E-state index contributed by atoms with van der Waals surface area (Å²) in [6, 6.07) is 3.91. The van der Waals surface area contributed by atoms with Gasteiger partial charge in [-0.2, -0.15) is 0 Å². The van der Waals surface area contributed by atoms with Gasteiger partial charge in [0.25, 0.3) is 5.91 Å². The zero-order valence-corrected chi connectivity index (χ0v) is 14.3. The number of likely N-dealkylation sites (tertiary alicyclic amines) is 1. The van der Waals surface area contributed by atoms with Crippen molar-refractivity contribution in [3.8, 4) is 0 Å². The number of hydrogen-bond donors (Lipinski definition) is 1. The van der Waals surface area contributed by atoms with E-state index in [1.807, 2.05) is 12.1 Å². The molecular weight excluding hydrogens is 321 g/mol. The van der Waals surface area contributed by atoms with Gasteiger partial charge in [-0.3, -0.25) is 9.78 Å². The van der Waals surface area contributed by atoms with Crippen molar-refractivity contribution in [3.05, 3.63) is 24.5 Å². The first-order valence-corrected chi connectivity index (χ1v) is 8.88. The summed E-state index contributed by atoms with van der Waals surface area (Å²) in [6.45, 7) is 3.32. The Morgan fingerprint density at radius 1 is 1.36 bits per heavy atom. The lowest BCUT2D eigenvalue weighted by molar-refractivity contribution is -0.148. The van der Waals surface area contributed by atoms with Gasteiger partial charge in [-0.15, -0.1) is 0 Å². The van der Waals surface area contributed by atoms with Crippen LogP contribution in [0.4, 0.5) is 10.2 Å². The number of halogens is 1. The Morgan fingerprint density at radius 3 is 2.92 bits per heavy atom. The van der Waals surface area contributed by atoms with Crippen LogP contribution in [0.3, 0.4) is 0 Å². The van der Waals surface area contributed by atoms with Crippen molar-refractivity contribution in [2.75, 3.05) is 18.4 Å². The molecule has 1 saturated heterocycles. The van der Waals surface area contributed by atoms with E-state index in [2.05, 4.69) is 27.2 Å². The summed E-state index contributed by atoms with van der Waals surface area (Å²) in [5.74, 6) is 0.714. The normalized spacial score (nSPS) is 23.3. The van der Waals surface area contributed by atoms with Crippen LogP contribution >= 0.6 is 0 Å². The van der Waals surface area contributed by atoms with Gasteiger partial charge in [0.05, 0.1) is 0 Å². The molecule has 1 N–H and O–H groups in total. The number of rotatable bonds is 4. The lowest BCUT2D eigenvalue weighted by Crippen LogP contribution is -2.49. The van der Waals surface area contributed by atoms with E-state index in [-0.39, 0.29) is 17.9 Å². The number of alkyl halides is 1. The highest BCUT2D eigenvalue weighted by Crippen LogP contribution is 2.38. The first-order chi connectivity index (χ1) is 12.0. The van der Waals surface area contributed by atoms with Gasteiger partial charge in [-0.05, 0) is 50.7 Å². The molecule has 6 nitrogen and oxygen atoms in total. The van der Waals surface area contributed by atoms with Gasteiger partial charge in [0.2, 0.25) is 0 Å². The molecule has 4 rings (SSSR count). The molecular formula is C18H22FN5O. The molecule has 0 aromatic carbocycles. The minimum atomic E-state index is -1.59. The quantitative estimate of drug-likeness (QED) is 0.924. The molecule has 1 aliphatic heterocycles. The molecule has 3 heterocycles. The Bertz CT molecular complexity index is 794. The SMILES string of the molecule is CC(Nc1ccc2nccnc2n1)C1CCN(C(=O)C2(F)CCC2)C1. The highest BCUT2D eigenvalue weighted by atomic mass is 19.1. The second-order valence-corrected chi connectivity index (χ2v) is 7.15. The van der Waals surface area contributed by atoms with Crippen LogP contribution in [-0.2, 0) is 4.79 Å². The van der Waals surface area contributed by atoms with Gasteiger partial charge < -0.3 is 10.2 Å². The van der Waals surface area contributed by atoms with E-state index in [9.17, 15) is 9.18 Å². The predicted octanol–water partition coefficient (Wildman–Crippen LogP) is 2.57. The van der Waals surface area contributed by atoms with E-state index in [0.29, 0.717) is 31.6 Å². The molecule has 2 aromatic rings. The number of carbonyl (C=O) groups is 1. The van der Waals surface area contributed by atoms with Gasteiger partial charge in [-0.1, -0.05) is 0 Å². The molecule has 2 atom stereocenters. The lowest BCUT2D eigenvalue weighted by Gasteiger charge is -2.35. The molecule has 0 bridgehead atoms. The van der Waals surface area contributed by atoms with Crippen LogP contribution < -0.4 is 5.32 Å². The molecule has 1 saturated carbocycles. The fraction of sp³-hybridized carbons (Fsp3) is 0.556. The largest absolute Gasteiger partial charge is 0.367 e. The monoisotopic (exact) mass is 343 g/mol. The molecule has 2 fully saturated rings. The van der Waals surface area contributed by atoms with E-state index in [1.54, 1.807) is 17.3 Å². The highest BCUT2D eigenvalue weighted by Gasteiger charge is 2.48. The maximum atomic E-state index is 14.3. The van der Waals surface area contributed by atoms with Crippen LogP contribution in [0.15, 0.2) is 24.5 Å². The van der Waals surface area contributed by atoms with Crippen molar-refractivity contribution in [2.24, 2.45) is 5.92 Å². The Labute approximate surface area is 145 Å². The summed E-state index contributed by atoms with van der Waals surface area (Å²) < 4.78 is 14.3. The summed E-state index contributed by atoms with van der Waals surface area (Å²) in [6.07, 6.45) is 5.71. The van der Waals surface area contributed by atoms with E-state index in [1.165, 1.54) is 0 Å². The first kappa shape index (κ1) is 16.2. The molecule has 132 valence electrons. The third kappa shape index (κ3) is 3.03. The van der Waals surface area contributed by atoms with Gasteiger partial charge in [-0.25, -0.2) is 14.4 Å². The summed E-state index contributed by atoms with van der Waals surface area (Å²) in [5.41, 5.74) is -0.233. The van der Waals surface area contributed by atoms with Crippen molar-refractivity contribution in [1.29, 1.82) is 0 Å². The summed E-state index contributed by atoms with van der Waals surface area (Å²) in [5, 5.41) is 3.39. The topological polar surface area (TPSA) is 71.0 Å². The average Bonchev–Trinajstić information content (AvgIpc) is 3.09. The van der Waals surface area contributed by atoms with Gasteiger partial charge >= 0.3 is 0 Å². The summed E-state index contributed by atoms with van der Waals surface area (Å²) in [7, 11) is 0. The molecule has 0 radical (unpaired) electrons. The summed E-state index contributed by atoms with van der Waals surface area (Å²) in [4.78, 5) is 26.9. The van der Waals surface area contributed by atoms with E-state index in [0.717, 1.165) is 24.2 Å². The average molecular weight is 343 g/mol. The fourth-order valence-corrected chi connectivity index (χ4v) is 3.65. The molecule has 2 aliphatic rings. The molecule has 2 unspecified atom stereocenters. The van der Waals surface area contributed by atoms with E-state index in [4.69, 9.17) is 0 Å². The first-order valence-electron chi connectivity index (χ1n) is 8.88. The standard InChI is InChI=1S/C18H22FN5O/c1-12(22-15-4-3-14-16(23-15)21-9-8-20-14)13-5-10-24(11-13)17(25)18(19)6-2-7-18/h3-4,8-9,12-13H,2,5-7,10-11H2,1H3,(H,21,22,23). The number of hydrogen-bond acceptors (Lipinski definition) is 5. The Hall–Kier alpha value is -2.31. The number of nitrogens with zero attached hydrogens (tertiary/aromatic N) is 4. The number of aromatic nitrogens is 3. The van der Waals surface area contributed by atoms with Crippen LogP contribution in [-0.4, -0.2) is 50.6 Å². The van der Waals surface area contributed by atoms with E-state index >= 15 is 0 Å². The number of anilines is 1. The number of pyridine rings is 1. The zero-order chi connectivity index (χ0) is 17.4. The minimum Gasteiger partial charge on any atom is -0.367 e. The molecule has 25 heavy (non-hydrogen) atoms. The van der Waals surface area contributed by atoms with Crippen LogP contribution in [0.2, 0.25) is 0 Å². The Kier molecular flexibility index (Phi) is 4.01. The zero-order valence-electron chi connectivity index (χ0n) is 14.3. The smallest absolute Gasteiger partial charge is 0.260 e. The van der Waals surface area contributed by atoms with Crippen molar-refractivity contribution in [3.63, 3.8) is 0 Å². The van der Waals surface area contributed by atoms with Crippen LogP contribution in [0.25, 0.3) is 11.2 Å². The van der Waals surface area contributed by atoms with Gasteiger partial charge in [0, 0.05) is 31.5 Å². The second kappa shape index (κ2) is 6.20. The second-order valence-electron chi connectivity index (χ2n) is 7.15. The van der Waals surface area contributed by atoms with Crippen molar-refractivity contribution >= 4 is 22.9 Å². The number of carbonyl (C=O) groups excluding carboxylic acids is 1. The predicted molar refractivity (Wildman–Crippen MR) is 92.8 cm³/mol. The van der Waals surface area contributed by atoms with Crippen molar-refractivity contribution in [2.45, 2.75) is 44.3 Å². The molecule has 0 spiro atoms. The van der Waals surface area contributed by atoms with Crippen LogP contribution in [0.1, 0.15) is 32.6 Å². The molecule has 2 aromatic heterocycles. The highest BCUT2D eigenvalue weighted by molar-refractivity contribution is 5.86. The van der Waals surface area contributed by atoms with Crippen molar-refractivity contribution < 1.29 is 9.18 Å². The van der Waals surface area contributed by atoms with Gasteiger partial charge in [0.15, 0.2) is 11.3 Å². The Balaban J connectivity index is 1.39. The molecule has 1 aliphatic carbocycles. The number of fused-ring (bicyclic) bond motifs is 1. The minimum absolute atomic E-state index is 0.136. The third-order valence-electron chi connectivity index (χ3n) is 5.46. The van der Waals surface area contributed by atoms with Crippen LogP contribution in [0.5, 0.6) is 0 Å².